The molecule has 0 unspecified atom stereocenters. The second-order valence-corrected chi connectivity index (χ2v) is 7.96. The number of para-hydroxylation sites is 2. The van der Waals surface area contributed by atoms with Crippen molar-refractivity contribution in [2.75, 3.05) is 12.4 Å². The van der Waals surface area contributed by atoms with Crippen LogP contribution in [-0.2, 0) is 6.54 Å². The predicted octanol–water partition coefficient (Wildman–Crippen LogP) is 4.71. The molecule has 0 amide bonds. The van der Waals surface area contributed by atoms with Gasteiger partial charge in [0.25, 0.3) is 5.56 Å². The molecule has 0 aliphatic heterocycles. The molecule has 0 aliphatic rings. The van der Waals surface area contributed by atoms with E-state index in [2.05, 4.69) is 16.8 Å². The van der Waals surface area contributed by atoms with E-state index in [9.17, 15) is 4.79 Å². The van der Waals surface area contributed by atoms with E-state index in [0.29, 0.717) is 51.0 Å². The van der Waals surface area contributed by atoms with Crippen molar-refractivity contribution in [3.05, 3.63) is 75.5 Å². The zero-order chi connectivity index (χ0) is 20.4. The first-order valence-corrected chi connectivity index (χ1v) is 10.5. The van der Waals surface area contributed by atoms with Gasteiger partial charge in [0.15, 0.2) is 10.9 Å². The number of nitrogens with zero attached hydrogens (tertiary/aromatic N) is 4. The summed E-state index contributed by atoms with van der Waals surface area (Å²) in [7, 11) is 0. The van der Waals surface area contributed by atoms with Gasteiger partial charge in [0.2, 0.25) is 5.78 Å². The van der Waals surface area contributed by atoms with Gasteiger partial charge in [-0.05, 0) is 24.3 Å². The number of rotatable bonds is 7. The van der Waals surface area contributed by atoms with Gasteiger partial charge in [0.1, 0.15) is 0 Å². The third kappa shape index (κ3) is 3.73. The van der Waals surface area contributed by atoms with Crippen molar-refractivity contribution < 1.29 is 4.74 Å². The van der Waals surface area contributed by atoms with Crippen LogP contribution in [0.5, 0.6) is 5.75 Å². The first-order chi connectivity index (χ1) is 14.1. The fraction of sp³-hybridized carbons (Fsp3) is 0.150. The molecule has 0 fully saturated rings. The first-order valence-electron chi connectivity index (χ1n) is 8.79. The molecule has 6 nitrogen and oxygen atoms in total. The second kappa shape index (κ2) is 8.49. The van der Waals surface area contributed by atoms with Gasteiger partial charge < -0.3 is 4.74 Å². The molecule has 4 rings (SSSR count). The Hall–Kier alpha value is -2.48. The standard InChI is InChI=1S/C20H16Cl2N4O2S/c1-2-10-25-18(27)13-6-3-4-9-16(13)26-19(25)23-24-20(26)29-12-11-28-17-14(21)7-5-8-15(17)22/h2-9H,1,10-12H2. The molecular weight excluding hydrogens is 431 g/mol. The molecule has 2 heterocycles. The maximum absolute atomic E-state index is 12.8. The Bertz CT molecular complexity index is 1250. The molecule has 0 saturated heterocycles. The van der Waals surface area contributed by atoms with Crippen LogP contribution < -0.4 is 10.3 Å². The number of fused-ring (bicyclic) bond motifs is 3. The molecule has 2 aromatic carbocycles. The SMILES string of the molecule is C=CCn1c(=O)c2ccccc2n2c(SCCOc3c(Cl)cccc3Cl)nnc12. The van der Waals surface area contributed by atoms with E-state index < -0.39 is 0 Å². The van der Waals surface area contributed by atoms with Gasteiger partial charge in [-0.1, -0.05) is 59.2 Å². The molecule has 0 radical (unpaired) electrons. The monoisotopic (exact) mass is 446 g/mol. The molecule has 0 spiro atoms. The van der Waals surface area contributed by atoms with Gasteiger partial charge in [-0.25, -0.2) is 0 Å². The molecule has 0 atom stereocenters. The van der Waals surface area contributed by atoms with Crippen LogP contribution in [0.2, 0.25) is 10.0 Å². The summed E-state index contributed by atoms with van der Waals surface area (Å²) < 4.78 is 9.18. The highest BCUT2D eigenvalue weighted by Gasteiger charge is 2.16. The fourth-order valence-corrected chi connectivity index (χ4v) is 4.28. The number of aromatic nitrogens is 4. The molecule has 4 aromatic rings. The van der Waals surface area contributed by atoms with Crippen LogP contribution >= 0.6 is 35.0 Å². The summed E-state index contributed by atoms with van der Waals surface area (Å²) in [6.07, 6.45) is 1.67. The molecule has 29 heavy (non-hydrogen) atoms. The lowest BCUT2D eigenvalue weighted by Gasteiger charge is -2.10. The zero-order valence-electron chi connectivity index (χ0n) is 15.2. The maximum atomic E-state index is 12.8. The van der Waals surface area contributed by atoms with Crippen LogP contribution in [0, 0.1) is 0 Å². The molecule has 0 aliphatic carbocycles. The summed E-state index contributed by atoms with van der Waals surface area (Å²) in [6.45, 7) is 4.47. The highest BCUT2D eigenvalue weighted by molar-refractivity contribution is 7.99. The van der Waals surface area contributed by atoms with Crippen molar-refractivity contribution >= 4 is 51.6 Å². The van der Waals surface area contributed by atoms with E-state index in [4.69, 9.17) is 27.9 Å². The van der Waals surface area contributed by atoms with E-state index in [1.165, 1.54) is 11.8 Å². The summed E-state index contributed by atoms with van der Waals surface area (Å²) in [4.78, 5) is 12.8. The van der Waals surface area contributed by atoms with E-state index in [1.807, 2.05) is 22.6 Å². The minimum Gasteiger partial charge on any atom is -0.490 e. The number of allylic oxidation sites excluding steroid dienone is 1. The van der Waals surface area contributed by atoms with Crippen molar-refractivity contribution in [2.24, 2.45) is 0 Å². The van der Waals surface area contributed by atoms with E-state index >= 15 is 0 Å². The number of thioether (sulfide) groups is 1. The lowest BCUT2D eigenvalue weighted by Crippen LogP contribution is -2.22. The van der Waals surface area contributed by atoms with Gasteiger partial charge in [-0.3, -0.25) is 13.8 Å². The average Bonchev–Trinajstić information content (AvgIpc) is 3.14. The van der Waals surface area contributed by atoms with E-state index in [1.54, 1.807) is 34.9 Å². The second-order valence-electron chi connectivity index (χ2n) is 6.09. The van der Waals surface area contributed by atoms with Crippen LogP contribution in [0.1, 0.15) is 0 Å². The van der Waals surface area contributed by atoms with E-state index in [0.717, 1.165) is 5.52 Å². The number of hydrogen-bond acceptors (Lipinski definition) is 5. The van der Waals surface area contributed by atoms with Crippen molar-refractivity contribution in [3.8, 4) is 5.75 Å². The summed E-state index contributed by atoms with van der Waals surface area (Å²) in [5, 5.41) is 10.7. The lowest BCUT2D eigenvalue weighted by atomic mass is 10.2. The van der Waals surface area contributed by atoms with Gasteiger partial charge in [-0.15, -0.1) is 16.8 Å². The quantitative estimate of drug-likeness (QED) is 0.233. The molecule has 0 N–H and O–H groups in total. The number of ether oxygens (including phenoxy) is 1. The topological polar surface area (TPSA) is 61.4 Å². The van der Waals surface area contributed by atoms with Crippen molar-refractivity contribution in [3.63, 3.8) is 0 Å². The average molecular weight is 447 g/mol. The third-order valence-electron chi connectivity index (χ3n) is 4.27. The van der Waals surface area contributed by atoms with Crippen molar-refractivity contribution in [2.45, 2.75) is 11.7 Å². The maximum Gasteiger partial charge on any atom is 0.263 e. The summed E-state index contributed by atoms with van der Waals surface area (Å²) >= 11 is 13.7. The Morgan fingerprint density at radius 3 is 2.62 bits per heavy atom. The van der Waals surface area contributed by atoms with Crippen molar-refractivity contribution in [1.82, 2.24) is 19.2 Å². The number of hydrogen-bond donors (Lipinski definition) is 0. The Morgan fingerprint density at radius 2 is 1.86 bits per heavy atom. The van der Waals surface area contributed by atoms with Crippen LogP contribution in [0.3, 0.4) is 0 Å². The molecule has 9 heteroatoms. The Morgan fingerprint density at radius 1 is 1.10 bits per heavy atom. The summed E-state index contributed by atoms with van der Waals surface area (Å²) in [5.41, 5.74) is 0.643. The van der Waals surface area contributed by atoms with Crippen molar-refractivity contribution in [1.29, 1.82) is 0 Å². The predicted molar refractivity (Wildman–Crippen MR) is 118 cm³/mol. The largest absolute Gasteiger partial charge is 0.490 e. The van der Waals surface area contributed by atoms with Crippen LogP contribution in [0.25, 0.3) is 16.7 Å². The molecule has 2 aromatic heterocycles. The molecule has 148 valence electrons. The highest BCUT2D eigenvalue weighted by Crippen LogP contribution is 2.32. The van der Waals surface area contributed by atoms with Crippen LogP contribution in [-0.4, -0.2) is 31.5 Å². The molecular formula is C20H16Cl2N4O2S. The highest BCUT2D eigenvalue weighted by atomic mass is 35.5. The summed E-state index contributed by atoms with van der Waals surface area (Å²) in [6, 6.07) is 12.6. The molecule has 0 bridgehead atoms. The number of halogens is 2. The van der Waals surface area contributed by atoms with Gasteiger partial charge in [0, 0.05) is 12.3 Å². The number of benzene rings is 2. The van der Waals surface area contributed by atoms with Gasteiger partial charge >= 0.3 is 0 Å². The normalized spacial score (nSPS) is 11.2. The third-order valence-corrected chi connectivity index (χ3v) is 5.76. The Labute approximate surface area is 180 Å². The van der Waals surface area contributed by atoms with Crippen LogP contribution in [0.4, 0.5) is 0 Å². The van der Waals surface area contributed by atoms with E-state index in [-0.39, 0.29) is 5.56 Å². The minimum absolute atomic E-state index is 0.117. The van der Waals surface area contributed by atoms with Gasteiger partial charge in [-0.2, -0.15) is 0 Å². The fourth-order valence-electron chi connectivity index (χ4n) is 3.02. The minimum atomic E-state index is -0.117. The lowest BCUT2D eigenvalue weighted by molar-refractivity contribution is 0.344. The summed E-state index contributed by atoms with van der Waals surface area (Å²) in [5.74, 6) is 1.54. The zero-order valence-corrected chi connectivity index (χ0v) is 17.5. The Kier molecular flexibility index (Phi) is 5.80. The van der Waals surface area contributed by atoms with Gasteiger partial charge in [0.05, 0.1) is 27.6 Å². The molecule has 0 saturated carbocycles. The Balaban J connectivity index is 1.63. The van der Waals surface area contributed by atoms with Crippen LogP contribution in [0.15, 0.2) is 65.1 Å². The smallest absolute Gasteiger partial charge is 0.263 e. The first kappa shape index (κ1) is 19.8.